The number of carbonyl (C=O) groups excluding carboxylic acids is 1. The number of nitrogens with zero attached hydrogens (tertiary/aromatic N) is 4. The molecule has 11 heteroatoms. The highest BCUT2D eigenvalue weighted by molar-refractivity contribution is 5.75. The molecule has 8 nitrogen and oxygen atoms in total. The normalized spacial score (nSPS) is 17.5. The molecule has 0 bridgehead atoms. The number of amides is 2. The predicted octanol–water partition coefficient (Wildman–Crippen LogP) is 3.72. The first-order valence-electron chi connectivity index (χ1n) is 10.8. The van der Waals surface area contributed by atoms with Crippen molar-refractivity contribution in [3.05, 3.63) is 46.4 Å². The first-order chi connectivity index (χ1) is 15.6. The zero-order valence-corrected chi connectivity index (χ0v) is 18.6. The molecule has 1 fully saturated rings. The monoisotopic (exact) mass is 464 g/mol. The molecule has 1 saturated heterocycles. The molecule has 2 aliphatic heterocycles. The molecule has 1 aromatic heterocycles. The van der Waals surface area contributed by atoms with Crippen molar-refractivity contribution in [2.45, 2.75) is 45.6 Å². The maximum Gasteiger partial charge on any atom is 0.416 e. The molecule has 2 aromatic rings. The van der Waals surface area contributed by atoms with Gasteiger partial charge in [0.25, 0.3) is 0 Å². The van der Waals surface area contributed by atoms with Gasteiger partial charge >= 0.3 is 12.2 Å². The number of urea groups is 1. The maximum atomic E-state index is 13.2. The summed E-state index contributed by atoms with van der Waals surface area (Å²) in [6.45, 7) is 6.49. The molecule has 2 amide bonds. The first kappa shape index (κ1) is 23.1. The third kappa shape index (κ3) is 5.13. The summed E-state index contributed by atoms with van der Waals surface area (Å²) in [6.07, 6.45) is -3.70. The smallest absolute Gasteiger partial charge is 0.399 e. The largest absolute Gasteiger partial charge is 0.416 e. The fourth-order valence-electron chi connectivity index (χ4n) is 4.15. The van der Waals surface area contributed by atoms with Crippen molar-refractivity contribution in [3.8, 4) is 0 Å². The molecule has 4 rings (SSSR count). The predicted molar refractivity (Wildman–Crippen MR) is 116 cm³/mol. The Balaban J connectivity index is 1.55. The number of nitrogens with two attached hydrogens (primary N) is 1. The van der Waals surface area contributed by atoms with Crippen molar-refractivity contribution in [3.63, 3.8) is 0 Å². The van der Waals surface area contributed by atoms with Crippen LogP contribution in [0.1, 0.15) is 47.6 Å². The Bertz CT molecular complexity index is 1040. The van der Waals surface area contributed by atoms with E-state index in [0.29, 0.717) is 56.6 Å². The van der Waals surface area contributed by atoms with Gasteiger partial charge in [-0.25, -0.2) is 14.8 Å². The number of fused-ring (bicyclic) bond motifs is 1. The Kier molecular flexibility index (Phi) is 6.33. The van der Waals surface area contributed by atoms with E-state index < -0.39 is 17.8 Å². The van der Waals surface area contributed by atoms with E-state index in [1.807, 2.05) is 0 Å². The Morgan fingerprint density at radius 3 is 2.70 bits per heavy atom. The van der Waals surface area contributed by atoms with Gasteiger partial charge in [0.15, 0.2) is 0 Å². The highest BCUT2D eigenvalue weighted by Crippen LogP contribution is 2.34. The van der Waals surface area contributed by atoms with Crippen LogP contribution < -0.4 is 11.1 Å². The summed E-state index contributed by atoms with van der Waals surface area (Å²) >= 11 is 0. The van der Waals surface area contributed by atoms with Gasteiger partial charge < -0.3 is 25.6 Å². The Hall–Kier alpha value is -3.08. The number of ether oxygens (including phenoxy) is 1. The lowest BCUT2D eigenvalue weighted by Gasteiger charge is -2.26. The molecule has 0 aliphatic carbocycles. The molecule has 178 valence electrons. The van der Waals surface area contributed by atoms with Crippen molar-refractivity contribution in [1.82, 2.24) is 19.8 Å². The molecule has 0 unspecified atom stereocenters. The molecule has 1 atom stereocenters. The van der Waals surface area contributed by atoms with Crippen LogP contribution in [-0.4, -0.2) is 52.1 Å². The molecule has 1 aromatic carbocycles. The van der Waals surface area contributed by atoms with Gasteiger partial charge in [-0.1, -0.05) is 0 Å². The molecular weight excluding hydrogens is 437 g/mol. The summed E-state index contributed by atoms with van der Waals surface area (Å²) in [5, 5.41) is 3.21. The maximum absolute atomic E-state index is 13.2. The van der Waals surface area contributed by atoms with Crippen LogP contribution >= 0.6 is 0 Å². The molecule has 0 saturated carbocycles. The second kappa shape index (κ2) is 9.05. The van der Waals surface area contributed by atoms with Crippen molar-refractivity contribution < 1.29 is 22.7 Å². The van der Waals surface area contributed by atoms with Gasteiger partial charge in [-0.2, -0.15) is 13.2 Å². The number of nitrogen functional groups attached to an aromatic ring is 1. The number of rotatable bonds is 3. The van der Waals surface area contributed by atoms with Crippen LogP contribution in [0.3, 0.4) is 0 Å². The number of hydrogen-bond acceptors (Lipinski definition) is 6. The number of carbonyl (C=O) groups is 1. The number of aryl methyl sites for hydroxylation is 1. The average molecular weight is 464 g/mol. The average Bonchev–Trinajstić information content (AvgIpc) is 2.98. The van der Waals surface area contributed by atoms with Gasteiger partial charge in [-0.3, -0.25) is 0 Å². The fourth-order valence-corrected chi connectivity index (χ4v) is 4.15. The molecule has 33 heavy (non-hydrogen) atoms. The minimum Gasteiger partial charge on any atom is -0.399 e. The van der Waals surface area contributed by atoms with E-state index in [-0.39, 0.29) is 11.7 Å². The summed E-state index contributed by atoms with van der Waals surface area (Å²) in [7, 11) is 0. The van der Waals surface area contributed by atoms with E-state index in [9.17, 15) is 18.0 Å². The summed E-state index contributed by atoms with van der Waals surface area (Å²) in [6, 6.07) is 2.93. The number of aromatic nitrogens is 2. The van der Waals surface area contributed by atoms with Crippen LogP contribution in [0.25, 0.3) is 0 Å². The summed E-state index contributed by atoms with van der Waals surface area (Å²) in [4.78, 5) is 25.5. The van der Waals surface area contributed by atoms with Gasteiger partial charge in [0, 0.05) is 30.9 Å². The van der Waals surface area contributed by atoms with E-state index >= 15 is 0 Å². The molecule has 0 spiro atoms. The molecule has 3 N–H and O–H groups in total. The lowest BCUT2D eigenvalue weighted by atomic mass is 10.0. The van der Waals surface area contributed by atoms with Crippen LogP contribution in [0.4, 0.5) is 29.5 Å². The van der Waals surface area contributed by atoms with Crippen LogP contribution in [0, 0.1) is 6.92 Å². The second-order valence-corrected chi connectivity index (χ2v) is 8.39. The SMILES string of the molecule is Cc1nc2c(c(N[C@H](C)c3cc(N)cc(C(F)(F)F)c3)n1)CN(C(=O)N1CCCOCC1)C2. The van der Waals surface area contributed by atoms with Crippen molar-refractivity contribution in [1.29, 1.82) is 0 Å². The Morgan fingerprint density at radius 1 is 1.15 bits per heavy atom. The molecular formula is C22H27F3N6O2. The minimum absolute atomic E-state index is 0.0378. The fraction of sp³-hybridized carbons (Fsp3) is 0.500. The van der Waals surface area contributed by atoms with E-state index in [2.05, 4.69) is 15.3 Å². The topological polar surface area (TPSA) is 96.6 Å². The van der Waals surface area contributed by atoms with E-state index in [4.69, 9.17) is 10.5 Å². The standard InChI is InChI=1S/C22H27F3N6O2/c1-13(15-8-16(22(23,24)25)10-17(26)9-15)27-20-18-11-31(12-19(18)28-14(2)29-20)21(32)30-4-3-6-33-7-5-30/h8-10,13H,3-7,11-12,26H2,1-2H3,(H,27,28,29)/t13-/m1/s1. The third-order valence-corrected chi connectivity index (χ3v) is 5.82. The highest BCUT2D eigenvalue weighted by Gasteiger charge is 2.33. The Morgan fingerprint density at radius 2 is 1.94 bits per heavy atom. The highest BCUT2D eigenvalue weighted by atomic mass is 19.4. The molecule has 0 radical (unpaired) electrons. The van der Waals surface area contributed by atoms with Crippen LogP contribution in [0.15, 0.2) is 18.2 Å². The quantitative estimate of drug-likeness (QED) is 0.673. The van der Waals surface area contributed by atoms with Crippen molar-refractivity contribution in [2.75, 3.05) is 37.4 Å². The van der Waals surface area contributed by atoms with Gasteiger partial charge in [0.1, 0.15) is 11.6 Å². The van der Waals surface area contributed by atoms with E-state index in [1.54, 1.807) is 23.6 Å². The van der Waals surface area contributed by atoms with Gasteiger partial charge in [0.2, 0.25) is 0 Å². The van der Waals surface area contributed by atoms with Crippen molar-refractivity contribution >= 4 is 17.5 Å². The molecule has 2 aliphatic rings. The third-order valence-electron chi connectivity index (χ3n) is 5.82. The number of alkyl halides is 3. The van der Waals surface area contributed by atoms with Gasteiger partial charge in [-0.15, -0.1) is 0 Å². The van der Waals surface area contributed by atoms with E-state index in [0.717, 1.165) is 29.8 Å². The zero-order valence-electron chi connectivity index (χ0n) is 18.6. The first-order valence-corrected chi connectivity index (χ1v) is 10.8. The van der Waals surface area contributed by atoms with Crippen molar-refractivity contribution in [2.24, 2.45) is 0 Å². The lowest BCUT2D eigenvalue weighted by Crippen LogP contribution is -2.41. The zero-order chi connectivity index (χ0) is 23.8. The number of anilines is 2. The molecule has 3 heterocycles. The van der Waals surface area contributed by atoms with Crippen LogP contribution in [0.2, 0.25) is 0 Å². The van der Waals surface area contributed by atoms with Gasteiger partial charge in [-0.05, 0) is 44.0 Å². The number of halogens is 3. The van der Waals surface area contributed by atoms with E-state index in [1.165, 1.54) is 6.07 Å². The second-order valence-electron chi connectivity index (χ2n) is 8.39. The number of hydrogen-bond donors (Lipinski definition) is 2. The van der Waals surface area contributed by atoms with Gasteiger partial charge in [0.05, 0.1) is 37.0 Å². The summed E-state index contributed by atoms with van der Waals surface area (Å²) in [5.74, 6) is 1.03. The van der Waals surface area contributed by atoms with Crippen LogP contribution in [0.5, 0.6) is 0 Å². The number of nitrogens with one attached hydrogen (secondary N) is 1. The Labute approximate surface area is 189 Å². The van der Waals surface area contributed by atoms with Crippen LogP contribution in [-0.2, 0) is 24.0 Å². The summed E-state index contributed by atoms with van der Waals surface area (Å²) in [5.41, 5.74) is 6.86. The lowest BCUT2D eigenvalue weighted by molar-refractivity contribution is -0.137. The summed E-state index contributed by atoms with van der Waals surface area (Å²) < 4.78 is 45.1. The minimum atomic E-state index is -4.49. The number of benzene rings is 1.